The van der Waals surface area contributed by atoms with Crippen molar-refractivity contribution in [2.24, 2.45) is 5.92 Å². The van der Waals surface area contributed by atoms with Gasteiger partial charge in [0, 0.05) is 29.8 Å². The second kappa shape index (κ2) is 8.92. The average Bonchev–Trinajstić information content (AvgIpc) is 2.36. The lowest BCUT2D eigenvalue weighted by atomic mass is 9.95. The maximum atomic E-state index is 5.77. The molecule has 2 nitrogen and oxygen atoms in total. The molecule has 0 aliphatic heterocycles. The molecule has 1 unspecified atom stereocenters. The predicted molar refractivity (Wildman–Crippen MR) is 94.9 cm³/mol. The maximum absolute atomic E-state index is 5.77. The van der Waals surface area contributed by atoms with Gasteiger partial charge in [0.15, 0.2) is 0 Å². The Morgan fingerprint density at radius 1 is 1.24 bits per heavy atom. The van der Waals surface area contributed by atoms with Crippen LogP contribution in [0.5, 0.6) is 0 Å². The van der Waals surface area contributed by atoms with Crippen molar-refractivity contribution in [2.45, 2.75) is 52.5 Å². The number of halogens is 1. The van der Waals surface area contributed by atoms with E-state index in [4.69, 9.17) is 4.74 Å². The molecule has 0 aliphatic rings. The summed E-state index contributed by atoms with van der Waals surface area (Å²) in [5.41, 5.74) is 1.51. The highest BCUT2D eigenvalue weighted by Gasteiger charge is 2.16. The minimum atomic E-state index is 0.142. The summed E-state index contributed by atoms with van der Waals surface area (Å²) in [6.07, 6.45) is 1.05. The van der Waals surface area contributed by atoms with Gasteiger partial charge in [-0.25, -0.2) is 0 Å². The number of hydrogen-bond acceptors (Lipinski definition) is 2. The number of benzene rings is 1. The van der Waals surface area contributed by atoms with Gasteiger partial charge in [-0.1, -0.05) is 41.9 Å². The molecule has 0 aliphatic carbocycles. The summed E-state index contributed by atoms with van der Waals surface area (Å²) in [7, 11) is 0. The number of hydrogen-bond donors (Lipinski definition) is 1. The second-order valence-corrected chi connectivity index (χ2v) is 8.06. The molecule has 0 aromatic heterocycles. The van der Waals surface area contributed by atoms with Crippen LogP contribution in [0.4, 0.5) is 0 Å². The van der Waals surface area contributed by atoms with Crippen LogP contribution < -0.4 is 5.32 Å². The zero-order valence-corrected chi connectivity index (χ0v) is 15.7. The number of nitrogens with one attached hydrogen (secondary N) is 1. The summed E-state index contributed by atoms with van der Waals surface area (Å²) in [5, 5.41) is 3.62. The van der Waals surface area contributed by atoms with Crippen LogP contribution in [0.25, 0.3) is 0 Å². The molecule has 0 bridgehead atoms. The van der Waals surface area contributed by atoms with Crippen LogP contribution in [-0.2, 0) is 4.74 Å². The van der Waals surface area contributed by atoms with Crippen LogP contribution in [0.2, 0.25) is 0 Å². The molecule has 0 amide bonds. The lowest BCUT2D eigenvalue weighted by molar-refractivity contribution is 0.103. The van der Waals surface area contributed by atoms with Gasteiger partial charge in [0.05, 0.1) is 0 Å². The molecule has 1 rings (SSSR count). The van der Waals surface area contributed by atoms with Gasteiger partial charge in [0.25, 0.3) is 0 Å². The summed E-state index contributed by atoms with van der Waals surface area (Å²) in [6.45, 7) is 13.6. The summed E-state index contributed by atoms with van der Waals surface area (Å²) >= 11 is 3.57. The average molecular weight is 356 g/mol. The van der Waals surface area contributed by atoms with Crippen LogP contribution >= 0.6 is 15.9 Å². The van der Waals surface area contributed by atoms with E-state index in [2.05, 4.69) is 80.1 Å². The first-order valence-electron chi connectivity index (χ1n) is 7.86. The number of ether oxygens (including phenoxy) is 1. The Balaban J connectivity index is 2.61. The fraction of sp³-hybridized carbons (Fsp3) is 0.667. The first-order chi connectivity index (χ1) is 9.78. The maximum Gasteiger partial charge on any atom is 0.0488 e. The summed E-state index contributed by atoms with van der Waals surface area (Å²) in [6, 6.07) is 8.62. The van der Waals surface area contributed by atoms with Crippen LogP contribution in [0, 0.1) is 5.92 Å². The third kappa shape index (κ3) is 8.60. The predicted octanol–water partition coefficient (Wildman–Crippen LogP) is 4.98. The van der Waals surface area contributed by atoms with Gasteiger partial charge >= 0.3 is 0 Å². The Hall–Kier alpha value is -0.380. The highest BCUT2D eigenvalue weighted by Crippen LogP contribution is 2.23. The van der Waals surface area contributed by atoms with Gasteiger partial charge < -0.3 is 10.1 Å². The van der Waals surface area contributed by atoms with Crippen LogP contribution in [-0.4, -0.2) is 25.3 Å². The fourth-order valence-corrected chi connectivity index (χ4v) is 2.54. The van der Waals surface area contributed by atoms with Crippen molar-refractivity contribution in [3.05, 3.63) is 34.3 Å². The van der Waals surface area contributed by atoms with Crippen molar-refractivity contribution in [1.29, 1.82) is 0 Å². The third-order valence-corrected chi connectivity index (χ3v) is 3.75. The molecule has 0 heterocycles. The smallest absolute Gasteiger partial charge is 0.0488 e. The van der Waals surface area contributed by atoms with E-state index in [1.54, 1.807) is 0 Å². The number of rotatable bonds is 8. The molecule has 120 valence electrons. The minimum Gasteiger partial charge on any atom is -0.381 e. The van der Waals surface area contributed by atoms with Crippen LogP contribution in [0.1, 0.15) is 52.5 Å². The molecule has 21 heavy (non-hydrogen) atoms. The van der Waals surface area contributed by atoms with Crippen molar-refractivity contribution in [3.8, 4) is 0 Å². The monoisotopic (exact) mass is 355 g/mol. The molecule has 1 aromatic carbocycles. The second-order valence-electron chi connectivity index (χ2n) is 7.14. The van der Waals surface area contributed by atoms with Crippen molar-refractivity contribution in [1.82, 2.24) is 5.32 Å². The minimum absolute atomic E-state index is 0.142. The first kappa shape index (κ1) is 18.7. The first-order valence-corrected chi connectivity index (χ1v) is 8.65. The quantitative estimate of drug-likeness (QED) is 0.663. The molecule has 0 saturated heterocycles. The van der Waals surface area contributed by atoms with E-state index in [1.807, 2.05) is 0 Å². The van der Waals surface area contributed by atoms with Crippen molar-refractivity contribution in [2.75, 3.05) is 19.8 Å². The molecule has 1 N–H and O–H groups in total. The van der Waals surface area contributed by atoms with Gasteiger partial charge in [0.1, 0.15) is 0 Å². The van der Waals surface area contributed by atoms with Gasteiger partial charge in [-0.3, -0.25) is 0 Å². The Kier molecular flexibility index (Phi) is 7.93. The molecule has 3 heteroatoms. The topological polar surface area (TPSA) is 21.3 Å². The van der Waals surface area contributed by atoms with E-state index in [-0.39, 0.29) is 5.54 Å². The molecule has 1 aromatic rings. The summed E-state index contributed by atoms with van der Waals surface area (Å²) in [5.74, 6) is 1.08. The van der Waals surface area contributed by atoms with Gasteiger partial charge in [0.2, 0.25) is 0 Å². The SMILES string of the molecule is CC(C)COCCC(CNC(C)(C)C)c1cccc(Br)c1. The molecule has 0 spiro atoms. The van der Waals surface area contributed by atoms with E-state index < -0.39 is 0 Å². The van der Waals surface area contributed by atoms with E-state index in [9.17, 15) is 0 Å². The highest BCUT2D eigenvalue weighted by molar-refractivity contribution is 9.10. The fourth-order valence-electron chi connectivity index (χ4n) is 2.12. The Bertz CT molecular complexity index is 412. The van der Waals surface area contributed by atoms with Crippen molar-refractivity contribution in [3.63, 3.8) is 0 Å². The van der Waals surface area contributed by atoms with Crippen LogP contribution in [0.15, 0.2) is 28.7 Å². The standard InChI is InChI=1S/C18H30BrNO/c1-14(2)13-21-10-9-16(12-20-18(3,4)5)15-7-6-8-17(19)11-15/h6-8,11,14,16,20H,9-10,12-13H2,1-5H3. The Morgan fingerprint density at radius 3 is 2.52 bits per heavy atom. The van der Waals surface area contributed by atoms with Gasteiger partial charge in [-0.15, -0.1) is 0 Å². The van der Waals surface area contributed by atoms with Gasteiger partial charge in [-0.05, 0) is 56.7 Å². The molecule has 0 fully saturated rings. The van der Waals surface area contributed by atoms with E-state index >= 15 is 0 Å². The lowest BCUT2D eigenvalue weighted by Gasteiger charge is -2.26. The van der Waals surface area contributed by atoms with Crippen LogP contribution in [0.3, 0.4) is 0 Å². The van der Waals surface area contributed by atoms with E-state index in [1.165, 1.54) is 5.56 Å². The van der Waals surface area contributed by atoms with Crippen molar-refractivity contribution >= 4 is 15.9 Å². The molecule has 0 saturated carbocycles. The molecular weight excluding hydrogens is 326 g/mol. The largest absolute Gasteiger partial charge is 0.381 e. The summed E-state index contributed by atoms with van der Waals surface area (Å²) < 4.78 is 6.91. The molecule has 0 radical (unpaired) electrons. The lowest BCUT2D eigenvalue weighted by Crippen LogP contribution is -2.38. The van der Waals surface area contributed by atoms with E-state index in [0.29, 0.717) is 11.8 Å². The van der Waals surface area contributed by atoms with E-state index in [0.717, 1.165) is 30.7 Å². The molecular formula is C18H30BrNO. The third-order valence-electron chi connectivity index (χ3n) is 3.26. The highest BCUT2D eigenvalue weighted by atomic mass is 79.9. The summed E-state index contributed by atoms with van der Waals surface area (Å²) in [4.78, 5) is 0. The zero-order valence-electron chi connectivity index (χ0n) is 14.1. The van der Waals surface area contributed by atoms with Crippen molar-refractivity contribution < 1.29 is 4.74 Å². The van der Waals surface area contributed by atoms with Gasteiger partial charge in [-0.2, -0.15) is 0 Å². The molecule has 1 atom stereocenters. The Morgan fingerprint density at radius 2 is 1.95 bits per heavy atom. The zero-order chi connectivity index (χ0) is 15.9. The Labute approximate surface area is 138 Å². The normalized spacial score (nSPS) is 13.7.